The lowest BCUT2D eigenvalue weighted by Gasteiger charge is -2.20. The minimum atomic E-state index is -3.09. The number of hydrogen-bond acceptors (Lipinski definition) is 4. The molecule has 1 N–H and O–H groups in total. The van der Waals surface area contributed by atoms with Crippen LogP contribution in [0.1, 0.15) is 47.5 Å². The minimum Gasteiger partial charge on any atom is -0.312 e. The van der Waals surface area contributed by atoms with Crippen molar-refractivity contribution in [3.05, 3.63) is 0 Å². The van der Waals surface area contributed by atoms with Gasteiger partial charge in [0.05, 0.1) is 11.0 Å². The van der Waals surface area contributed by atoms with Gasteiger partial charge >= 0.3 is 0 Å². The van der Waals surface area contributed by atoms with E-state index < -0.39 is 15.1 Å². The number of carbonyl (C=O) groups is 1. The van der Waals surface area contributed by atoms with Gasteiger partial charge in [0.2, 0.25) is 0 Å². The van der Waals surface area contributed by atoms with E-state index in [0.29, 0.717) is 13.0 Å². The molecule has 0 bridgehead atoms. The normalized spacial score (nSPS) is 13.1. The molecule has 0 heterocycles. The van der Waals surface area contributed by atoms with Gasteiger partial charge in [0.15, 0.2) is 9.84 Å². The molecule has 0 rings (SSSR count). The SMILES string of the molecule is CC(C)S(=O)(=O)CCC(=O)CCNC(C)(C)C. The van der Waals surface area contributed by atoms with E-state index in [4.69, 9.17) is 0 Å². The van der Waals surface area contributed by atoms with Gasteiger partial charge in [-0.05, 0) is 34.6 Å². The predicted octanol–water partition coefficient (Wildman–Crippen LogP) is 1.55. The molecular weight excluding hydrogens is 238 g/mol. The van der Waals surface area contributed by atoms with Crippen molar-refractivity contribution in [1.29, 1.82) is 0 Å². The molecule has 0 aliphatic rings. The van der Waals surface area contributed by atoms with Crippen LogP contribution in [0, 0.1) is 0 Å². The molecule has 0 spiro atoms. The third kappa shape index (κ3) is 8.32. The first-order valence-electron chi connectivity index (χ1n) is 6.03. The van der Waals surface area contributed by atoms with Crippen molar-refractivity contribution in [2.24, 2.45) is 0 Å². The molecule has 0 aromatic rings. The van der Waals surface area contributed by atoms with E-state index in [2.05, 4.69) is 5.32 Å². The molecule has 0 saturated heterocycles. The Morgan fingerprint density at radius 3 is 2.12 bits per heavy atom. The zero-order valence-electron chi connectivity index (χ0n) is 11.5. The van der Waals surface area contributed by atoms with Gasteiger partial charge in [0.1, 0.15) is 5.78 Å². The third-order valence-corrected chi connectivity index (χ3v) is 4.65. The van der Waals surface area contributed by atoms with E-state index in [-0.39, 0.29) is 23.5 Å². The van der Waals surface area contributed by atoms with Crippen LogP contribution < -0.4 is 5.32 Å². The summed E-state index contributed by atoms with van der Waals surface area (Å²) in [7, 11) is -3.09. The molecule has 17 heavy (non-hydrogen) atoms. The topological polar surface area (TPSA) is 63.2 Å². The van der Waals surface area contributed by atoms with Crippen molar-refractivity contribution in [3.63, 3.8) is 0 Å². The summed E-state index contributed by atoms with van der Waals surface area (Å²) in [6.07, 6.45) is 0.525. The number of sulfone groups is 1. The van der Waals surface area contributed by atoms with E-state index in [1.807, 2.05) is 20.8 Å². The monoisotopic (exact) mass is 263 g/mol. The molecule has 0 aromatic carbocycles. The van der Waals surface area contributed by atoms with Crippen LogP contribution in [0.4, 0.5) is 0 Å². The smallest absolute Gasteiger partial charge is 0.153 e. The number of nitrogens with one attached hydrogen (secondary N) is 1. The Bertz CT molecular complexity index is 339. The van der Waals surface area contributed by atoms with Crippen molar-refractivity contribution in [2.75, 3.05) is 12.3 Å². The summed E-state index contributed by atoms with van der Waals surface area (Å²) < 4.78 is 23.0. The van der Waals surface area contributed by atoms with Gasteiger partial charge in [-0.3, -0.25) is 4.79 Å². The fourth-order valence-electron chi connectivity index (χ4n) is 1.19. The van der Waals surface area contributed by atoms with Gasteiger partial charge in [0, 0.05) is 24.9 Å². The molecule has 0 aliphatic heterocycles. The fourth-order valence-corrected chi connectivity index (χ4v) is 2.18. The summed E-state index contributed by atoms with van der Waals surface area (Å²) in [6.45, 7) is 9.97. The predicted molar refractivity (Wildman–Crippen MR) is 70.9 cm³/mol. The fraction of sp³-hybridized carbons (Fsp3) is 0.917. The van der Waals surface area contributed by atoms with Crippen LogP contribution in [0.2, 0.25) is 0 Å². The van der Waals surface area contributed by atoms with Crippen LogP contribution in [-0.4, -0.2) is 37.3 Å². The standard InChI is InChI=1S/C12H25NO3S/c1-10(2)17(15,16)9-7-11(14)6-8-13-12(3,4)5/h10,13H,6-9H2,1-5H3. The number of carbonyl (C=O) groups excluding carboxylic acids is 1. The van der Waals surface area contributed by atoms with Crippen molar-refractivity contribution in [3.8, 4) is 0 Å². The van der Waals surface area contributed by atoms with E-state index in [1.54, 1.807) is 13.8 Å². The highest BCUT2D eigenvalue weighted by molar-refractivity contribution is 7.91. The molecule has 0 saturated carbocycles. The minimum absolute atomic E-state index is 0.00553. The highest BCUT2D eigenvalue weighted by Gasteiger charge is 2.17. The van der Waals surface area contributed by atoms with Crippen LogP contribution >= 0.6 is 0 Å². The molecule has 0 fully saturated rings. The zero-order valence-corrected chi connectivity index (χ0v) is 12.4. The number of rotatable bonds is 7. The van der Waals surface area contributed by atoms with Gasteiger partial charge in [-0.2, -0.15) is 0 Å². The maximum Gasteiger partial charge on any atom is 0.153 e. The quantitative estimate of drug-likeness (QED) is 0.757. The average Bonchev–Trinajstić information content (AvgIpc) is 2.12. The van der Waals surface area contributed by atoms with Gasteiger partial charge < -0.3 is 5.32 Å². The third-order valence-electron chi connectivity index (χ3n) is 2.44. The Balaban J connectivity index is 3.90. The molecule has 0 aromatic heterocycles. The molecule has 5 heteroatoms. The van der Waals surface area contributed by atoms with Crippen molar-refractivity contribution >= 4 is 15.6 Å². The maximum absolute atomic E-state index is 11.5. The second-order valence-corrected chi connectivity index (χ2v) is 8.31. The lowest BCUT2D eigenvalue weighted by atomic mass is 10.1. The number of hydrogen-bond donors (Lipinski definition) is 1. The first kappa shape index (κ1) is 16.6. The molecule has 0 radical (unpaired) electrons. The van der Waals surface area contributed by atoms with E-state index in [1.165, 1.54) is 0 Å². The molecule has 0 atom stereocenters. The summed E-state index contributed by atoms with van der Waals surface area (Å²) >= 11 is 0. The first-order valence-corrected chi connectivity index (χ1v) is 7.74. The molecule has 0 amide bonds. The van der Waals surface area contributed by atoms with Gasteiger partial charge in [-0.1, -0.05) is 0 Å². The first-order chi connectivity index (χ1) is 7.54. The maximum atomic E-state index is 11.5. The van der Waals surface area contributed by atoms with E-state index in [9.17, 15) is 13.2 Å². The second kappa shape index (κ2) is 6.50. The van der Waals surface area contributed by atoms with Crippen molar-refractivity contribution in [1.82, 2.24) is 5.32 Å². The Morgan fingerprint density at radius 2 is 1.71 bits per heavy atom. The lowest BCUT2D eigenvalue weighted by Crippen LogP contribution is -2.37. The lowest BCUT2D eigenvalue weighted by molar-refractivity contribution is -0.118. The number of ketones is 1. The summed E-state index contributed by atoms with van der Waals surface area (Å²) in [6, 6.07) is 0. The summed E-state index contributed by atoms with van der Waals surface area (Å²) in [5.41, 5.74) is -0.00963. The van der Waals surface area contributed by atoms with Crippen LogP contribution in [-0.2, 0) is 14.6 Å². The molecule has 0 aliphatic carbocycles. The van der Waals surface area contributed by atoms with Crippen LogP contribution in [0.3, 0.4) is 0 Å². The summed E-state index contributed by atoms with van der Waals surface area (Å²) in [5, 5.41) is 2.80. The largest absolute Gasteiger partial charge is 0.312 e. The highest BCUT2D eigenvalue weighted by Crippen LogP contribution is 2.04. The van der Waals surface area contributed by atoms with E-state index >= 15 is 0 Å². The Labute approximate surface area is 105 Å². The van der Waals surface area contributed by atoms with Crippen LogP contribution in [0.15, 0.2) is 0 Å². The second-order valence-electron chi connectivity index (χ2n) is 5.63. The Morgan fingerprint density at radius 1 is 1.18 bits per heavy atom. The number of Topliss-reactive ketones (excluding diaryl/α,β-unsaturated/α-hetero) is 1. The zero-order chi connectivity index (χ0) is 13.7. The Kier molecular flexibility index (Phi) is 6.34. The van der Waals surface area contributed by atoms with Gasteiger partial charge in [0.25, 0.3) is 0 Å². The van der Waals surface area contributed by atoms with Crippen molar-refractivity contribution in [2.45, 2.75) is 58.2 Å². The van der Waals surface area contributed by atoms with Gasteiger partial charge in [-0.25, -0.2) is 8.42 Å². The average molecular weight is 263 g/mol. The summed E-state index contributed by atoms with van der Waals surface area (Å²) in [4.78, 5) is 11.5. The summed E-state index contributed by atoms with van der Waals surface area (Å²) in [5.74, 6) is -0.0232. The van der Waals surface area contributed by atoms with E-state index in [0.717, 1.165) is 0 Å². The van der Waals surface area contributed by atoms with Gasteiger partial charge in [-0.15, -0.1) is 0 Å². The molecule has 4 nitrogen and oxygen atoms in total. The van der Waals surface area contributed by atoms with Crippen molar-refractivity contribution < 1.29 is 13.2 Å². The van der Waals surface area contributed by atoms with Crippen LogP contribution in [0.5, 0.6) is 0 Å². The molecule has 0 unspecified atom stereocenters. The van der Waals surface area contributed by atoms with Crippen LogP contribution in [0.25, 0.3) is 0 Å². The molecular formula is C12H25NO3S. The molecule has 102 valence electrons. The Hall–Kier alpha value is -0.420. The highest BCUT2D eigenvalue weighted by atomic mass is 32.2.